The smallest absolute Gasteiger partial charge is 0.240 e. The lowest BCUT2D eigenvalue weighted by atomic mass is 9.87. The molecular formula is C18H26N2O2. The molecule has 1 aliphatic rings. The lowest BCUT2D eigenvalue weighted by molar-refractivity contribution is -0.134. The third kappa shape index (κ3) is 3.49. The lowest BCUT2D eigenvalue weighted by Gasteiger charge is -2.20. The molecule has 2 amide bonds. The van der Waals surface area contributed by atoms with Crippen molar-refractivity contribution in [3.63, 3.8) is 0 Å². The van der Waals surface area contributed by atoms with Gasteiger partial charge in [-0.1, -0.05) is 32.9 Å². The van der Waals surface area contributed by atoms with Gasteiger partial charge in [-0.25, -0.2) is 0 Å². The molecule has 0 radical (unpaired) electrons. The molecule has 0 unspecified atom stereocenters. The molecule has 1 aromatic carbocycles. The van der Waals surface area contributed by atoms with Crippen molar-refractivity contribution in [2.24, 2.45) is 5.41 Å². The van der Waals surface area contributed by atoms with Gasteiger partial charge in [0.2, 0.25) is 11.8 Å². The Morgan fingerprint density at radius 1 is 1.05 bits per heavy atom. The number of benzene rings is 1. The van der Waals surface area contributed by atoms with E-state index in [1.165, 1.54) is 5.56 Å². The number of carbonyl (C=O) groups is 2. The monoisotopic (exact) mass is 302 g/mol. The van der Waals surface area contributed by atoms with Crippen molar-refractivity contribution >= 4 is 17.5 Å². The predicted octanol–water partition coefficient (Wildman–Crippen LogP) is 3.23. The Bertz CT molecular complexity index is 564. The molecule has 1 fully saturated rings. The maximum absolute atomic E-state index is 12.4. The van der Waals surface area contributed by atoms with Crippen molar-refractivity contribution < 1.29 is 9.59 Å². The highest BCUT2D eigenvalue weighted by Crippen LogP contribution is 2.47. The van der Waals surface area contributed by atoms with E-state index in [0.29, 0.717) is 12.8 Å². The van der Waals surface area contributed by atoms with Crippen LogP contribution >= 0.6 is 0 Å². The molecule has 0 aromatic heterocycles. The number of carbonyl (C=O) groups excluding carboxylic acids is 2. The normalized spacial score (nSPS) is 16.3. The SMILES string of the molecule is CC(C)NC(=O)C1(C(=O)Nc2ccc(C(C)(C)C)cc2)CC1. The maximum Gasteiger partial charge on any atom is 0.240 e. The first-order valence-electron chi connectivity index (χ1n) is 7.88. The van der Waals surface area contributed by atoms with Crippen LogP contribution < -0.4 is 10.6 Å². The summed E-state index contributed by atoms with van der Waals surface area (Å²) in [6.07, 6.45) is 1.24. The number of hydrogen-bond acceptors (Lipinski definition) is 2. The molecule has 22 heavy (non-hydrogen) atoms. The number of amides is 2. The number of rotatable bonds is 4. The fourth-order valence-corrected chi connectivity index (χ4v) is 2.39. The van der Waals surface area contributed by atoms with Gasteiger partial charge < -0.3 is 10.6 Å². The molecule has 0 heterocycles. The largest absolute Gasteiger partial charge is 0.353 e. The third-order valence-electron chi connectivity index (χ3n) is 4.05. The molecule has 0 spiro atoms. The zero-order valence-electron chi connectivity index (χ0n) is 14.1. The second kappa shape index (κ2) is 5.75. The van der Waals surface area contributed by atoms with Gasteiger partial charge in [-0.15, -0.1) is 0 Å². The van der Waals surface area contributed by atoms with Crippen LogP contribution in [0.2, 0.25) is 0 Å². The molecule has 0 atom stereocenters. The average molecular weight is 302 g/mol. The van der Waals surface area contributed by atoms with Crippen LogP contribution in [0.15, 0.2) is 24.3 Å². The molecule has 4 nitrogen and oxygen atoms in total. The fraction of sp³-hybridized carbons (Fsp3) is 0.556. The maximum atomic E-state index is 12.4. The van der Waals surface area contributed by atoms with E-state index >= 15 is 0 Å². The highest BCUT2D eigenvalue weighted by molar-refractivity contribution is 6.13. The summed E-state index contributed by atoms with van der Waals surface area (Å²) in [4.78, 5) is 24.6. The van der Waals surface area contributed by atoms with Gasteiger partial charge in [0, 0.05) is 11.7 Å². The van der Waals surface area contributed by atoms with Crippen LogP contribution in [0.25, 0.3) is 0 Å². The van der Waals surface area contributed by atoms with E-state index in [0.717, 1.165) is 5.69 Å². The van der Waals surface area contributed by atoms with Crippen molar-refractivity contribution in [2.75, 3.05) is 5.32 Å². The van der Waals surface area contributed by atoms with E-state index in [2.05, 4.69) is 31.4 Å². The first-order chi connectivity index (χ1) is 10.1. The molecule has 2 N–H and O–H groups in total. The summed E-state index contributed by atoms with van der Waals surface area (Å²) in [5.74, 6) is -0.361. The van der Waals surface area contributed by atoms with E-state index in [1.807, 2.05) is 38.1 Å². The molecule has 0 aliphatic heterocycles. The van der Waals surface area contributed by atoms with Crippen molar-refractivity contribution in [3.8, 4) is 0 Å². The fourth-order valence-electron chi connectivity index (χ4n) is 2.39. The number of nitrogens with one attached hydrogen (secondary N) is 2. The molecule has 1 saturated carbocycles. The summed E-state index contributed by atoms with van der Waals surface area (Å²) in [5, 5.41) is 5.72. The number of hydrogen-bond donors (Lipinski definition) is 2. The third-order valence-corrected chi connectivity index (χ3v) is 4.05. The minimum atomic E-state index is -0.868. The van der Waals surface area contributed by atoms with Crippen LogP contribution in [0.1, 0.15) is 53.0 Å². The van der Waals surface area contributed by atoms with Crippen LogP contribution in [0, 0.1) is 5.41 Å². The first kappa shape index (κ1) is 16.5. The Labute approximate surface area is 132 Å². The van der Waals surface area contributed by atoms with Crippen molar-refractivity contribution in [1.82, 2.24) is 5.32 Å². The van der Waals surface area contributed by atoms with E-state index in [4.69, 9.17) is 0 Å². The molecule has 1 aromatic rings. The zero-order chi connectivity index (χ0) is 16.5. The van der Waals surface area contributed by atoms with Crippen molar-refractivity contribution in [1.29, 1.82) is 0 Å². The summed E-state index contributed by atoms with van der Waals surface area (Å²) in [6, 6.07) is 7.88. The second-order valence-corrected chi connectivity index (χ2v) is 7.49. The Morgan fingerprint density at radius 3 is 2.00 bits per heavy atom. The molecule has 0 bridgehead atoms. The van der Waals surface area contributed by atoms with E-state index < -0.39 is 5.41 Å². The van der Waals surface area contributed by atoms with E-state index in [9.17, 15) is 9.59 Å². The van der Waals surface area contributed by atoms with Gasteiger partial charge in [0.1, 0.15) is 5.41 Å². The molecule has 4 heteroatoms. The zero-order valence-corrected chi connectivity index (χ0v) is 14.1. The van der Waals surface area contributed by atoms with Gasteiger partial charge in [0.05, 0.1) is 0 Å². The minimum absolute atomic E-state index is 0.0452. The van der Waals surface area contributed by atoms with Crippen LogP contribution in [0.3, 0.4) is 0 Å². The Morgan fingerprint density at radius 2 is 1.59 bits per heavy atom. The second-order valence-electron chi connectivity index (χ2n) is 7.49. The molecule has 120 valence electrons. The predicted molar refractivity (Wildman–Crippen MR) is 88.7 cm³/mol. The standard InChI is InChI=1S/C18H26N2O2/c1-12(2)19-15(21)18(10-11-18)16(22)20-14-8-6-13(7-9-14)17(3,4)5/h6-9,12H,10-11H2,1-5H3,(H,19,21)(H,20,22). The quantitative estimate of drug-likeness (QED) is 0.839. The molecular weight excluding hydrogens is 276 g/mol. The lowest BCUT2D eigenvalue weighted by Crippen LogP contribution is -2.42. The minimum Gasteiger partial charge on any atom is -0.353 e. The van der Waals surface area contributed by atoms with Gasteiger partial charge in [-0.2, -0.15) is 0 Å². The number of anilines is 1. The molecule has 2 rings (SSSR count). The van der Waals surface area contributed by atoms with Crippen molar-refractivity contribution in [2.45, 2.75) is 58.9 Å². The van der Waals surface area contributed by atoms with Gasteiger partial charge in [-0.3, -0.25) is 9.59 Å². The Hall–Kier alpha value is -1.84. The van der Waals surface area contributed by atoms with Gasteiger partial charge in [0.15, 0.2) is 0 Å². The Balaban J connectivity index is 2.05. The van der Waals surface area contributed by atoms with Crippen LogP contribution in [0.5, 0.6) is 0 Å². The summed E-state index contributed by atoms with van der Waals surface area (Å²) in [7, 11) is 0. The van der Waals surface area contributed by atoms with E-state index in [-0.39, 0.29) is 23.3 Å². The summed E-state index contributed by atoms with van der Waals surface area (Å²) < 4.78 is 0. The molecule has 1 aliphatic carbocycles. The van der Waals surface area contributed by atoms with Gasteiger partial charge in [0.25, 0.3) is 0 Å². The van der Waals surface area contributed by atoms with Crippen LogP contribution in [0.4, 0.5) is 5.69 Å². The molecule has 0 saturated heterocycles. The summed E-state index contributed by atoms with van der Waals surface area (Å²) in [6.45, 7) is 10.2. The van der Waals surface area contributed by atoms with Crippen LogP contribution in [-0.4, -0.2) is 17.9 Å². The summed E-state index contributed by atoms with van der Waals surface area (Å²) >= 11 is 0. The van der Waals surface area contributed by atoms with Gasteiger partial charge >= 0.3 is 0 Å². The topological polar surface area (TPSA) is 58.2 Å². The van der Waals surface area contributed by atoms with Crippen LogP contribution in [-0.2, 0) is 15.0 Å². The highest BCUT2D eigenvalue weighted by atomic mass is 16.2. The van der Waals surface area contributed by atoms with E-state index in [1.54, 1.807) is 0 Å². The summed E-state index contributed by atoms with van der Waals surface area (Å²) in [5.41, 5.74) is 1.16. The first-order valence-corrected chi connectivity index (χ1v) is 7.88. The Kier molecular flexibility index (Phi) is 4.32. The van der Waals surface area contributed by atoms with Crippen molar-refractivity contribution in [3.05, 3.63) is 29.8 Å². The average Bonchev–Trinajstić information content (AvgIpc) is 3.18. The van der Waals surface area contributed by atoms with Gasteiger partial charge in [-0.05, 0) is 49.8 Å². The highest BCUT2D eigenvalue weighted by Gasteiger charge is 2.56.